The monoisotopic (exact) mass is 332 g/mol. The van der Waals surface area contributed by atoms with Gasteiger partial charge in [0.1, 0.15) is 0 Å². The molecule has 0 aromatic heterocycles. The van der Waals surface area contributed by atoms with E-state index in [1.54, 1.807) is 11.8 Å². The summed E-state index contributed by atoms with van der Waals surface area (Å²) in [6, 6.07) is 7.51. The standard InChI is InChI=1S/C10H9IN2OS/c11-8-4-2-1-3-7(8)9(14)13-10-12-5-6-15-10/h1-4H,5-6H2,(H,12,13,14). The lowest BCUT2D eigenvalue weighted by Crippen LogP contribution is -2.27. The fourth-order valence-electron chi connectivity index (χ4n) is 1.22. The number of aliphatic imine (C=N–C) groups is 1. The molecule has 1 N–H and O–H groups in total. The molecule has 0 atom stereocenters. The number of halogens is 1. The molecule has 0 unspecified atom stereocenters. The first-order valence-corrected chi connectivity index (χ1v) is 6.57. The Morgan fingerprint density at radius 3 is 2.93 bits per heavy atom. The summed E-state index contributed by atoms with van der Waals surface area (Å²) in [5.41, 5.74) is 0.702. The fraction of sp³-hybridized carbons (Fsp3) is 0.200. The van der Waals surface area contributed by atoms with E-state index in [0.717, 1.165) is 21.0 Å². The molecular formula is C10H9IN2OS. The first-order chi connectivity index (χ1) is 7.27. The van der Waals surface area contributed by atoms with Gasteiger partial charge in [-0.1, -0.05) is 23.9 Å². The third kappa shape index (κ3) is 2.72. The van der Waals surface area contributed by atoms with Crippen molar-refractivity contribution in [1.82, 2.24) is 5.32 Å². The largest absolute Gasteiger partial charge is 0.301 e. The van der Waals surface area contributed by atoms with Crippen LogP contribution < -0.4 is 5.32 Å². The molecule has 0 bridgehead atoms. The van der Waals surface area contributed by atoms with E-state index in [1.807, 2.05) is 24.3 Å². The lowest BCUT2D eigenvalue weighted by molar-refractivity contribution is 0.0977. The van der Waals surface area contributed by atoms with Gasteiger partial charge in [0.25, 0.3) is 5.91 Å². The molecule has 1 aromatic carbocycles. The van der Waals surface area contributed by atoms with Gasteiger partial charge in [-0.3, -0.25) is 9.79 Å². The van der Waals surface area contributed by atoms with Crippen molar-refractivity contribution in [2.75, 3.05) is 12.3 Å². The lowest BCUT2D eigenvalue weighted by Gasteiger charge is -2.05. The van der Waals surface area contributed by atoms with E-state index in [2.05, 4.69) is 32.9 Å². The van der Waals surface area contributed by atoms with Crippen molar-refractivity contribution in [1.29, 1.82) is 0 Å². The van der Waals surface area contributed by atoms with E-state index in [-0.39, 0.29) is 5.91 Å². The third-order valence-corrected chi connectivity index (χ3v) is 3.76. The number of carbonyl (C=O) groups is 1. The van der Waals surface area contributed by atoms with Crippen LogP contribution >= 0.6 is 34.4 Å². The summed E-state index contributed by atoms with van der Waals surface area (Å²) in [5, 5.41) is 3.54. The summed E-state index contributed by atoms with van der Waals surface area (Å²) >= 11 is 3.74. The van der Waals surface area contributed by atoms with Crippen LogP contribution in [0, 0.1) is 3.57 Å². The molecule has 78 valence electrons. The summed E-state index contributed by atoms with van der Waals surface area (Å²) in [7, 11) is 0. The Hall–Kier alpha value is -0.560. The molecule has 0 radical (unpaired) electrons. The number of amidine groups is 1. The zero-order valence-corrected chi connectivity index (χ0v) is 10.8. The molecule has 0 saturated carbocycles. The number of carbonyl (C=O) groups excluding carboxylic acids is 1. The van der Waals surface area contributed by atoms with Crippen molar-refractivity contribution in [3.63, 3.8) is 0 Å². The first kappa shape index (κ1) is 10.9. The lowest BCUT2D eigenvalue weighted by atomic mass is 10.2. The molecule has 1 aliphatic rings. The maximum absolute atomic E-state index is 11.8. The number of rotatable bonds is 1. The van der Waals surface area contributed by atoms with Crippen molar-refractivity contribution in [3.8, 4) is 0 Å². The van der Waals surface area contributed by atoms with Crippen LogP contribution in [0.2, 0.25) is 0 Å². The van der Waals surface area contributed by atoms with Crippen LogP contribution in [0.5, 0.6) is 0 Å². The van der Waals surface area contributed by atoms with Crippen LogP contribution in [0.15, 0.2) is 29.3 Å². The van der Waals surface area contributed by atoms with Crippen LogP contribution in [-0.4, -0.2) is 23.4 Å². The van der Waals surface area contributed by atoms with E-state index in [4.69, 9.17) is 0 Å². The number of amides is 1. The van der Waals surface area contributed by atoms with E-state index < -0.39 is 0 Å². The molecule has 2 rings (SSSR count). The topological polar surface area (TPSA) is 41.5 Å². The molecule has 1 amide bonds. The first-order valence-electron chi connectivity index (χ1n) is 4.50. The van der Waals surface area contributed by atoms with Gasteiger partial charge in [0.15, 0.2) is 5.17 Å². The average molecular weight is 332 g/mol. The van der Waals surface area contributed by atoms with Crippen LogP contribution in [0.3, 0.4) is 0 Å². The molecule has 15 heavy (non-hydrogen) atoms. The summed E-state index contributed by atoms with van der Waals surface area (Å²) in [5.74, 6) is 0.884. The molecule has 0 fully saturated rings. The SMILES string of the molecule is O=C(NC1=NCCS1)c1ccccc1I. The predicted octanol–water partition coefficient (Wildman–Crippen LogP) is 2.12. The third-order valence-electron chi connectivity index (χ3n) is 1.92. The Labute approximate surface area is 106 Å². The summed E-state index contributed by atoms with van der Waals surface area (Å²) in [6.45, 7) is 0.798. The Bertz CT molecular complexity index is 420. The second kappa shape index (κ2) is 4.98. The molecule has 5 heteroatoms. The minimum atomic E-state index is -0.0758. The van der Waals surface area contributed by atoms with Crippen molar-refractivity contribution in [3.05, 3.63) is 33.4 Å². The Morgan fingerprint density at radius 1 is 1.47 bits per heavy atom. The molecule has 1 heterocycles. The van der Waals surface area contributed by atoms with E-state index in [0.29, 0.717) is 5.56 Å². The quantitative estimate of drug-likeness (QED) is 0.801. The van der Waals surface area contributed by atoms with E-state index in [9.17, 15) is 4.79 Å². The van der Waals surface area contributed by atoms with Gasteiger partial charge < -0.3 is 5.32 Å². The van der Waals surface area contributed by atoms with Gasteiger partial charge in [-0.05, 0) is 34.7 Å². The predicted molar refractivity (Wildman–Crippen MR) is 71.4 cm³/mol. The van der Waals surface area contributed by atoms with Crippen LogP contribution in [-0.2, 0) is 0 Å². The zero-order chi connectivity index (χ0) is 10.7. The van der Waals surface area contributed by atoms with Crippen molar-refractivity contribution >= 4 is 45.4 Å². The number of hydrogen-bond acceptors (Lipinski definition) is 3. The summed E-state index contributed by atoms with van der Waals surface area (Å²) in [6.07, 6.45) is 0. The van der Waals surface area contributed by atoms with Crippen LogP contribution in [0.4, 0.5) is 0 Å². The Kier molecular flexibility index (Phi) is 3.63. The highest BCUT2D eigenvalue weighted by atomic mass is 127. The average Bonchev–Trinajstić information content (AvgIpc) is 2.71. The number of thioether (sulfide) groups is 1. The van der Waals surface area contributed by atoms with Gasteiger partial charge in [-0.25, -0.2) is 0 Å². The molecule has 0 aliphatic carbocycles. The minimum absolute atomic E-state index is 0.0758. The molecular weight excluding hydrogens is 323 g/mol. The van der Waals surface area contributed by atoms with Crippen molar-refractivity contribution in [2.24, 2.45) is 4.99 Å². The second-order valence-corrected chi connectivity index (χ2v) is 5.22. The van der Waals surface area contributed by atoms with Crippen molar-refractivity contribution in [2.45, 2.75) is 0 Å². The number of nitrogens with zero attached hydrogens (tertiary/aromatic N) is 1. The molecule has 0 saturated heterocycles. The van der Waals surface area contributed by atoms with Gasteiger partial charge in [0.05, 0.1) is 12.1 Å². The Morgan fingerprint density at radius 2 is 2.27 bits per heavy atom. The van der Waals surface area contributed by atoms with Gasteiger partial charge in [-0.2, -0.15) is 0 Å². The molecule has 1 aromatic rings. The normalized spacial score (nSPS) is 14.9. The van der Waals surface area contributed by atoms with Crippen LogP contribution in [0.1, 0.15) is 10.4 Å². The van der Waals surface area contributed by atoms with Crippen molar-refractivity contribution < 1.29 is 4.79 Å². The maximum atomic E-state index is 11.8. The highest BCUT2D eigenvalue weighted by Gasteiger charge is 2.13. The van der Waals surface area contributed by atoms with Crippen LogP contribution in [0.25, 0.3) is 0 Å². The van der Waals surface area contributed by atoms with Gasteiger partial charge in [0, 0.05) is 9.32 Å². The molecule has 3 nitrogen and oxygen atoms in total. The highest BCUT2D eigenvalue weighted by molar-refractivity contribution is 14.1. The molecule has 0 spiro atoms. The zero-order valence-electron chi connectivity index (χ0n) is 7.87. The van der Waals surface area contributed by atoms with E-state index in [1.165, 1.54) is 0 Å². The molecule has 1 aliphatic heterocycles. The maximum Gasteiger partial charge on any atom is 0.258 e. The fourth-order valence-corrected chi connectivity index (χ4v) is 2.58. The number of benzene rings is 1. The van der Waals surface area contributed by atoms with Gasteiger partial charge >= 0.3 is 0 Å². The minimum Gasteiger partial charge on any atom is -0.301 e. The Balaban J connectivity index is 2.11. The highest BCUT2D eigenvalue weighted by Crippen LogP contribution is 2.13. The van der Waals surface area contributed by atoms with Gasteiger partial charge in [-0.15, -0.1) is 0 Å². The number of hydrogen-bond donors (Lipinski definition) is 1. The number of nitrogens with one attached hydrogen (secondary N) is 1. The summed E-state index contributed by atoms with van der Waals surface area (Å²) in [4.78, 5) is 16.0. The van der Waals surface area contributed by atoms with E-state index >= 15 is 0 Å². The summed E-state index contributed by atoms with van der Waals surface area (Å²) < 4.78 is 0.955. The smallest absolute Gasteiger partial charge is 0.258 e. The second-order valence-electron chi connectivity index (χ2n) is 2.97. The van der Waals surface area contributed by atoms with Gasteiger partial charge in [0.2, 0.25) is 0 Å².